The SMILES string of the molecule is CCCCCCCCC(CCCCCC)COC(=O)CCC1=CC(C(C)(C)C)=C(O)C(C)(C(C)(C)C)C1. The second kappa shape index (κ2) is 16.0. The quantitative estimate of drug-likeness (QED) is 0.154. The van der Waals surface area contributed by atoms with E-state index in [1.807, 2.05) is 0 Å². The van der Waals surface area contributed by atoms with Gasteiger partial charge in [0.15, 0.2) is 0 Å². The van der Waals surface area contributed by atoms with Gasteiger partial charge in [-0.25, -0.2) is 0 Å². The first-order chi connectivity index (χ1) is 17.3. The summed E-state index contributed by atoms with van der Waals surface area (Å²) in [5.41, 5.74) is 1.68. The standard InChI is InChI=1S/C34H62O3/c1-10-12-14-16-17-19-21-27(20-18-15-13-11-2)26-37-30(35)23-22-28-24-29(32(3,4)5)31(36)34(9,25-28)33(6,7)8/h24,27,36H,10-23,25-26H2,1-9H3. The number of carbonyl (C=O) groups is 1. The average molecular weight is 519 g/mol. The highest BCUT2D eigenvalue weighted by molar-refractivity contribution is 5.69. The number of aliphatic hydroxyl groups excluding tert-OH is 1. The van der Waals surface area contributed by atoms with Gasteiger partial charge >= 0.3 is 5.97 Å². The van der Waals surface area contributed by atoms with Gasteiger partial charge in [0.1, 0.15) is 5.76 Å². The predicted octanol–water partition coefficient (Wildman–Crippen LogP) is 10.9. The van der Waals surface area contributed by atoms with Gasteiger partial charge in [-0.05, 0) is 48.0 Å². The van der Waals surface area contributed by atoms with Gasteiger partial charge in [0, 0.05) is 11.8 Å². The maximum atomic E-state index is 12.8. The lowest BCUT2D eigenvalue weighted by Gasteiger charge is -2.46. The molecule has 0 amide bonds. The number of rotatable bonds is 17. The van der Waals surface area contributed by atoms with E-state index in [9.17, 15) is 9.90 Å². The lowest BCUT2D eigenvalue weighted by Crippen LogP contribution is -2.39. The minimum Gasteiger partial charge on any atom is -0.511 e. The minimum absolute atomic E-state index is 0.0732. The largest absolute Gasteiger partial charge is 0.511 e. The third-order valence-corrected chi connectivity index (χ3v) is 8.73. The number of esters is 1. The number of ether oxygens (including phenoxy) is 1. The van der Waals surface area contributed by atoms with Crippen LogP contribution in [0, 0.1) is 22.2 Å². The van der Waals surface area contributed by atoms with Crippen LogP contribution in [0.25, 0.3) is 0 Å². The van der Waals surface area contributed by atoms with E-state index in [1.165, 1.54) is 82.6 Å². The Hall–Kier alpha value is -1.25. The van der Waals surface area contributed by atoms with E-state index < -0.39 is 0 Å². The summed E-state index contributed by atoms with van der Waals surface area (Å²) in [5, 5.41) is 11.3. The average Bonchev–Trinajstić information content (AvgIpc) is 2.80. The molecular weight excluding hydrogens is 456 g/mol. The molecule has 1 rings (SSSR count). The Morgan fingerprint density at radius 3 is 1.95 bits per heavy atom. The fourth-order valence-corrected chi connectivity index (χ4v) is 5.44. The van der Waals surface area contributed by atoms with Crippen LogP contribution in [0.4, 0.5) is 0 Å². The van der Waals surface area contributed by atoms with Crippen molar-refractivity contribution in [3.05, 3.63) is 23.0 Å². The fourth-order valence-electron chi connectivity index (χ4n) is 5.44. The summed E-state index contributed by atoms with van der Waals surface area (Å²) in [5.74, 6) is 0.938. The molecule has 0 aromatic heterocycles. The van der Waals surface area contributed by atoms with Gasteiger partial charge in [-0.1, -0.05) is 138 Å². The van der Waals surface area contributed by atoms with Crippen molar-refractivity contribution in [3.63, 3.8) is 0 Å². The molecule has 1 aliphatic carbocycles. The van der Waals surface area contributed by atoms with Gasteiger partial charge < -0.3 is 9.84 Å². The minimum atomic E-state index is -0.343. The molecule has 3 heteroatoms. The zero-order valence-electron chi connectivity index (χ0n) is 26.2. The van der Waals surface area contributed by atoms with Crippen LogP contribution in [0.5, 0.6) is 0 Å². The summed E-state index contributed by atoms with van der Waals surface area (Å²) in [7, 11) is 0. The van der Waals surface area contributed by atoms with Crippen LogP contribution in [0.2, 0.25) is 0 Å². The summed E-state index contributed by atoms with van der Waals surface area (Å²) in [6.45, 7) is 20.3. The van der Waals surface area contributed by atoms with Gasteiger partial charge in [-0.3, -0.25) is 4.79 Å². The summed E-state index contributed by atoms with van der Waals surface area (Å²) in [6, 6.07) is 0. The van der Waals surface area contributed by atoms with Crippen LogP contribution in [0.3, 0.4) is 0 Å². The third kappa shape index (κ3) is 11.6. The summed E-state index contributed by atoms with van der Waals surface area (Å²) < 4.78 is 5.85. The van der Waals surface area contributed by atoms with Crippen molar-refractivity contribution in [3.8, 4) is 0 Å². The molecule has 0 saturated carbocycles. The Bertz CT molecular complexity index is 731. The van der Waals surface area contributed by atoms with Crippen molar-refractivity contribution in [1.82, 2.24) is 0 Å². The summed E-state index contributed by atoms with van der Waals surface area (Å²) >= 11 is 0. The molecule has 3 nitrogen and oxygen atoms in total. The van der Waals surface area contributed by atoms with E-state index in [-0.39, 0.29) is 22.2 Å². The van der Waals surface area contributed by atoms with Crippen LogP contribution in [-0.2, 0) is 9.53 Å². The Kier molecular flexibility index (Phi) is 14.6. The zero-order valence-corrected chi connectivity index (χ0v) is 26.2. The molecule has 0 aliphatic heterocycles. The lowest BCUT2D eigenvalue weighted by molar-refractivity contribution is -0.145. The summed E-state index contributed by atoms with van der Waals surface area (Å²) in [6.07, 6.45) is 19.4. The zero-order chi connectivity index (χ0) is 28.1. The topological polar surface area (TPSA) is 46.5 Å². The Morgan fingerprint density at radius 1 is 0.919 bits per heavy atom. The first-order valence-electron chi connectivity index (χ1n) is 15.6. The van der Waals surface area contributed by atoms with Crippen LogP contribution in [-0.4, -0.2) is 17.7 Å². The van der Waals surface area contributed by atoms with Crippen molar-refractivity contribution in [2.45, 2.75) is 159 Å². The van der Waals surface area contributed by atoms with Crippen molar-refractivity contribution in [2.75, 3.05) is 6.61 Å². The predicted molar refractivity (Wildman–Crippen MR) is 160 cm³/mol. The van der Waals surface area contributed by atoms with Crippen molar-refractivity contribution >= 4 is 5.97 Å². The number of allylic oxidation sites excluding steroid dienone is 4. The molecule has 0 heterocycles. The fraction of sp³-hybridized carbons (Fsp3) is 0.853. The molecule has 0 aromatic carbocycles. The van der Waals surface area contributed by atoms with Crippen LogP contribution >= 0.6 is 0 Å². The van der Waals surface area contributed by atoms with Gasteiger partial charge in [-0.2, -0.15) is 0 Å². The highest BCUT2D eigenvalue weighted by Crippen LogP contribution is 2.54. The molecule has 0 aromatic rings. The van der Waals surface area contributed by atoms with Gasteiger partial charge in [0.05, 0.1) is 6.61 Å². The van der Waals surface area contributed by atoms with Crippen LogP contribution in [0.15, 0.2) is 23.0 Å². The van der Waals surface area contributed by atoms with Crippen molar-refractivity contribution in [1.29, 1.82) is 0 Å². The second-order valence-electron chi connectivity index (χ2n) is 14.0. The van der Waals surface area contributed by atoms with E-state index in [2.05, 4.69) is 68.4 Å². The van der Waals surface area contributed by atoms with Gasteiger partial charge in [0.25, 0.3) is 0 Å². The monoisotopic (exact) mass is 518 g/mol. The highest BCUT2D eigenvalue weighted by atomic mass is 16.5. The molecule has 1 N–H and O–H groups in total. The molecule has 0 spiro atoms. The van der Waals surface area contributed by atoms with E-state index in [1.54, 1.807) is 0 Å². The third-order valence-electron chi connectivity index (χ3n) is 8.73. The molecule has 0 bridgehead atoms. The molecular formula is C34H62O3. The number of unbranched alkanes of at least 4 members (excludes halogenated alkanes) is 8. The molecule has 216 valence electrons. The van der Waals surface area contributed by atoms with E-state index >= 15 is 0 Å². The highest BCUT2D eigenvalue weighted by Gasteiger charge is 2.46. The molecule has 0 saturated heterocycles. The number of carbonyl (C=O) groups excluding carboxylic acids is 1. The van der Waals surface area contributed by atoms with Gasteiger partial charge in [0.2, 0.25) is 0 Å². The van der Waals surface area contributed by atoms with E-state index in [4.69, 9.17) is 4.74 Å². The smallest absolute Gasteiger partial charge is 0.306 e. The number of aliphatic hydroxyl groups is 1. The molecule has 1 aliphatic rings. The number of hydrogen-bond acceptors (Lipinski definition) is 3. The number of hydrogen-bond donors (Lipinski definition) is 1. The molecule has 0 radical (unpaired) electrons. The van der Waals surface area contributed by atoms with Gasteiger partial charge in [-0.15, -0.1) is 0 Å². The van der Waals surface area contributed by atoms with Crippen LogP contribution < -0.4 is 0 Å². The second-order valence-corrected chi connectivity index (χ2v) is 14.0. The maximum absolute atomic E-state index is 12.8. The first kappa shape index (κ1) is 33.8. The Balaban J connectivity index is 2.70. The Morgan fingerprint density at radius 2 is 1.43 bits per heavy atom. The Labute approximate surface area is 230 Å². The lowest BCUT2D eigenvalue weighted by atomic mass is 9.59. The van der Waals surface area contributed by atoms with Crippen LogP contribution in [0.1, 0.15) is 159 Å². The summed E-state index contributed by atoms with van der Waals surface area (Å²) in [4.78, 5) is 12.8. The molecule has 37 heavy (non-hydrogen) atoms. The molecule has 2 atom stereocenters. The molecule has 0 fully saturated rings. The van der Waals surface area contributed by atoms with E-state index in [0.29, 0.717) is 31.1 Å². The maximum Gasteiger partial charge on any atom is 0.306 e. The first-order valence-corrected chi connectivity index (χ1v) is 15.6. The van der Waals surface area contributed by atoms with Crippen molar-refractivity contribution < 1.29 is 14.6 Å². The van der Waals surface area contributed by atoms with Crippen molar-refractivity contribution in [2.24, 2.45) is 22.2 Å². The van der Waals surface area contributed by atoms with E-state index in [0.717, 1.165) is 12.0 Å². The normalized spacial score (nSPS) is 19.6. The molecule has 2 unspecified atom stereocenters.